The summed E-state index contributed by atoms with van der Waals surface area (Å²) < 4.78 is 8.19. The topological polar surface area (TPSA) is 72.9 Å². The molecule has 4 aromatic rings. The van der Waals surface area contributed by atoms with Gasteiger partial charge in [-0.1, -0.05) is 54.6 Å². The zero-order chi connectivity index (χ0) is 21.8. The summed E-state index contributed by atoms with van der Waals surface area (Å²) in [5.41, 5.74) is 1.24. The van der Waals surface area contributed by atoms with Gasteiger partial charge < -0.3 is 8.98 Å². The molecule has 0 bridgehead atoms. The highest BCUT2D eigenvalue weighted by molar-refractivity contribution is 7.99. The van der Waals surface area contributed by atoms with Gasteiger partial charge in [0.05, 0.1) is 23.2 Å². The maximum absolute atomic E-state index is 5.95. The lowest BCUT2D eigenvalue weighted by molar-refractivity contribution is 0.213. The first-order chi connectivity index (χ1) is 15.8. The Morgan fingerprint density at radius 1 is 0.969 bits per heavy atom. The monoisotopic (exact) mass is 466 g/mol. The van der Waals surface area contributed by atoms with Crippen LogP contribution < -0.4 is 0 Å². The van der Waals surface area contributed by atoms with Gasteiger partial charge in [-0.25, -0.2) is 0 Å². The molecule has 1 fully saturated rings. The van der Waals surface area contributed by atoms with Crippen LogP contribution in [0.2, 0.25) is 0 Å². The summed E-state index contributed by atoms with van der Waals surface area (Å²) in [6.45, 7) is 5.91. The lowest BCUT2D eigenvalue weighted by Crippen LogP contribution is -2.30. The second kappa shape index (κ2) is 9.97. The second-order valence-electron chi connectivity index (χ2n) is 7.99. The summed E-state index contributed by atoms with van der Waals surface area (Å²) in [5.74, 6) is 2.18. The summed E-state index contributed by atoms with van der Waals surface area (Å²) >= 11 is 3.21. The molecule has 1 saturated heterocycles. The van der Waals surface area contributed by atoms with Gasteiger partial charge in [-0.05, 0) is 49.9 Å². The van der Waals surface area contributed by atoms with Crippen molar-refractivity contribution in [3.63, 3.8) is 0 Å². The normalized spacial score (nSPS) is 15.8. The molecule has 0 spiro atoms. The zero-order valence-electron chi connectivity index (χ0n) is 18.1. The molecule has 4 heterocycles. The van der Waals surface area contributed by atoms with Gasteiger partial charge in [0.15, 0.2) is 5.16 Å². The average Bonchev–Trinajstić information content (AvgIpc) is 3.58. The van der Waals surface area contributed by atoms with Crippen LogP contribution in [-0.4, -0.2) is 43.0 Å². The van der Waals surface area contributed by atoms with Crippen molar-refractivity contribution in [3.05, 3.63) is 65.1 Å². The van der Waals surface area contributed by atoms with Gasteiger partial charge in [-0.15, -0.1) is 31.7 Å². The molecule has 9 heteroatoms. The van der Waals surface area contributed by atoms with Gasteiger partial charge in [0, 0.05) is 0 Å². The summed E-state index contributed by atoms with van der Waals surface area (Å²) in [6.07, 6.45) is 3.84. The minimum Gasteiger partial charge on any atom is -0.419 e. The van der Waals surface area contributed by atoms with E-state index in [1.54, 1.807) is 23.1 Å². The molecule has 0 aliphatic carbocycles. The fraction of sp³-hybridized carbons (Fsp3) is 0.391. The molecular formula is C23H26N6OS2. The Labute approximate surface area is 195 Å². The molecule has 1 aliphatic rings. The van der Waals surface area contributed by atoms with Crippen LogP contribution in [0.4, 0.5) is 0 Å². The predicted molar refractivity (Wildman–Crippen MR) is 127 cm³/mol. The summed E-state index contributed by atoms with van der Waals surface area (Å²) in [5, 5.41) is 20.5. The predicted octanol–water partition coefficient (Wildman–Crippen LogP) is 5.28. The van der Waals surface area contributed by atoms with E-state index in [1.807, 2.05) is 23.6 Å². The molecule has 32 heavy (non-hydrogen) atoms. The highest BCUT2D eigenvalue weighted by Crippen LogP contribution is 2.35. The lowest BCUT2D eigenvalue weighted by atomic mass is 10.1. The van der Waals surface area contributed by atoms with E-state index in [0.29, 0.717) is 11.8 Å². The van der Waals surface area contributed by atoms with Gasteiger partial charge in [0.25, 0.3) is 5.89 Å². The van der Waals surface area contributed by atoms with Crippen LogP contribution in [0.15, 0.2) is 57.4 Å². The van der Waals surface area contributed by atoms with E-state index < -0.39 is 0 Å². The van der Waals surface area contributed by atoms with Crippen LogP contribution in [0.5, 0.6) is 0 Å². The smallest absolute Gasteiger partial charge is 0.257 e. The summed E-state index contributed by atoms with van der Waals surface area (Å²) in [4.78, 5) is 3.47. The number of nitrogens with zero attached hydrogens (tertiary/aromatic N) is 6. The zero-order valence-corrected chi connectivity index (χ0v) is 19.7. The van der Waals surface area contributed by atoms with Crippen molar-refractivity contribution in [1.29, 1.82) is 0 Å². The first-order valence-electron chi connectivity index (χ1n) is 11.0. The van der Waals surface area contributed by atoms with Crippen LogP contribution in [-0.2, 0) is 13.1 Å². The second-order valence-corrected chi connectivity index (χ2v) is 10.2. The SMILES string of the molecule is CC(Sc1nnc(CN2CCCCC2)n1Cc1ccccc1)c1nnc(-c2cccs2)o1. The number of hydrogen-bond donors (Lipinski definition) is 0. The van der Waals surface area contributed by atoms with Crippen LogP contribution >= 0.6 is 23.1 Å². The highest BCUT2D eigenvalue weighted by Gasteiger charge is 2.23. The molecule has 7 nitrogen and oxygen atoms in total. The molecule has 1 aliphatic heterocycles. The molecule has 0 N–H and O–H groups in total. The van der Waals surface area contributed by atoms with Crippen molar-refractivity contribution in [2.75, 3.05) is 13.1 Å². The van der Waals surface area contributed by atoms with Gasteiger partial charge in [-0.2, -0.15) is 0 Å². The van der Waals surface area contributed by atoms with Crippen molar-refractivity contribution in [1.82, 2.24) is 29.9 Å². The maximum Gasteiger partial charge on any atom is 0.257 e. The van der Waals surface area contributed by atoms with E-state index in [2.05, 4.69) is 61.1 Å². The number of rotatable bonds is 8. The summed E-state index contributed by atoms with van der Waals surface area (Å²) in [6, 6.07) is 14.5. The van der Waals surface area contributed by atoms with E-state index in [9.17, 15) is 0 Å². The molecule has 166 valence electrons. The van der Waals surface area contributed by atoms with E-state index in [1.165, 1.54) is 24.8 Å². The Bertz CT molecular complexity index is 1120. The van der Waals surface area contributed by atoms with E-state index in [4.69, 9.17) is 4.42 Å². The van der Waals surface area contributed by atoms with Gasteiger partial charge in [0.2, 0.25) is 5.89 Å². The lowest BCUT2D eigenvalue weighted by Gasteiger charge is -2.26. The van der Waals surface area contributed by atoms with Crippen molar-refractivity contribution >= 4 is 23.1 Å². The number of benzene rings is 1. The summed E-state index contributed by atoms with van der Waals surface area (Å²) in [7, 11) is 0. The number of thiophene rings is 1. The van der Waals surface area contributed by atoms with Gasteiger partial charge >= 0.3 is 0 Å². The fourth-order valence-corrected chi connectivity index (χ4v) is 5.41. The Hall–Kier alpha value is -2.49. The molecular weight excluding hydrogens is 440 g/mol. The number of piperidine rings is 1. The molecule has 0 saturated carbocycles. The minimum atomic E-state index is -0.0298. The number of aromatic nitrogens is 5. The third kappa shape index (κ3) is 4.95. The average molecular weight is 467 g/mol. The van der Waals surface area contributed by atoms with Crippen LogP contribution in [0.25, 0.3) is 10.8 Å². The van der Waals surface area contributed by atoms with E-state index in [-0.39, 0.29) is 5.25 Å². The third-order valence-electron chi connectivity index (χ3n) is 5.59. The first-order valence-corrected chi connectivity index (χ1v) is 12.7. The molecule has 0 radical (unpaired) electrons. The molecule has 1 unspecified atom stereocenters. The van der Waals surface area contributed by atoms with Crippen LogP contribution in [0, 0.1) is 0 Å². The molecule has 1 atom stereocenters. The maximum atomic E-state index is 5.95. The van der Waals surface area contributed by atoms with E-state index >= 15 is 0 Å². The quantitative estimate of drug-likeness (QED) is 0.327. The van der Waals surface area contributed by atoms with Crippen molar-refractivity contribution < 1.29 is 4.42 Å². The largest absolute Gasteiger partial charge is 0.419 e. The Balaban J connectivity index is 1.37. The van der Waals surface area contributed by atoms with Gasteiger partial charge in [-0.3, -0.25) is 4.90 Å². The van der Waals surface area contributed by atoms with Crippen LogP contribution in [0.3, 0.4) is 0 Å². The molecule has 1 aromatic carbocycles. The van der Waals surface area contributed by atoms with Crippen molar-refractivity contribution in [2.45, 2.75) is 49.7 Å². The Morgan fingerprint density at radius 2 is 1.81 bits per heavy atom. The van der Waals surface area contributed by atoms with E-state index in [0.717, 1.165) is 42.0 Å². The van der Waals surface area contributed by atoms with Crippen molar-refractivity contribution in [2.24, 2.45) is 0 Å². The molecule has 5 rings (SSSR count). The number of hydrogen-bond acceptors (Lipinski definition) is 8. The fourth-order valence-electron chi connectivity index (χ4n) is 3.87. The van der Waals surface area contributed by atoms with Crippen LogP contribution in [0.1, 0.15) is 48.7 Å². The molecule has 0 amide bonds. The van der Waals surface area contributed by atoms with Gasteiger partial charge in [0.1, 0.15) is 5.82 Å². The standard InChI is InChI=1S/C23H26N6OS2/c1-17(21-25-26-22(30-21)19-11-8-14-31-19)32-23-27-24-20(16-28-12-6-3-7-13-28)29(23)15-18-9-4-2-5-10-18/h2,4-5,8-11,14,17H,3,6-7,12-13,15-16H2,1H3. The number of thioether (sulfide) groups is 1. The first kappa shape index (κ1) is 21.4. The number of likely N-dealkylation sites (tertiary alicyclic amines) is 1. The van der Waals surface area contributed by atoms with Crippen molar-refractivity contribution in [3.8, 4) is 10.8 Å². The third-order valence-corrected chi connectivity index (χ3v) is 7.52. The Morgan fingerprint density at radius 3 is 2.59 bits per heavy atom. The molecule has 3 aromatic heterocycles. The highest BCUT2D eigenvalue weighted by atomic mass is 32.2. The Kier molecular flexibility index (Phi) is 6.66. The minimum absolute atomic E-state index is 0.0298.